The van der Waals surface area contributed by atoms with Gasteiger partial charge in [-0.05, 0) is 129 Å². The van der Waals surface area contributed by atoms with Gasteiger partial charge in [-0.15, -0.1) is 0 Å². The minimum atomic E-state index is -4.27. The number of rotatable bonds is 15. The number of ether oxygens (including phenoxy) is 3. The van der Waals surface area contributed by atoms with E-state index in [4.69, 9.17) is 41.3 Å². The second kappa shape index (κ2) is 19.3. The smallest absolute Gasteiger partial charge is 0.304 e. The molecule has 0 radical (unpaired) electrons. The van der Waals surface area contributed by atoms with Gasteiger partial charge in [0.25, 0.3) is 11.8 Å². The average Bonchev–Trinajstić information content (AvgIpc) is 3.20. The molecule has 21 heteroatoms. The molecular weight excluding hydrogens is 839 g/mol. The first-order chi connectivity index (χ1) is 28.0. The number of nitrogens with zero attached hydrogens (tertiary/aromatic N) is 1. The summed E-state index contributed by atoms with van der Waals surface area (Å²) in [5, 5.41) is 27.7. The van der Waals surface area contributed by atoms with Gasteiger partial charge in [0.05, 0.1) is 16.2 Å². The van der Waals surface area contributed by atoms with Gasteiger partial charge in [0, 0.05) is 24.8 Å². The predicted molar refractivity (Wildman–Crippen MR) is 207 cm³/mol. The highest BCUT2D eigenvalue weighted by atomic mass is 35.5. The fourth-order valence-corrected chi connectivity index (χ4v) is 9.60. The van der Waals surface area contributed by atoms with Crippen molar-refractivity contribution in [3.05, 3.63) is 108 Å². The lowest BCUT2D eigenvalue weighted by atomic mass is 9.76. The van der Waals surface area contributed by atoms with Crippen LogP contribution in [0.15, 0.2) is 107 Å². The number of carboxylic acids is 1. The third-order valence-corrected chi connectivity index (χ3v) is 13.4. The molecule has 1 aliphatic heterocycles. The summed E-state index contributed by atoms with van der Waals surface area (Å²) in [5.74, 6) is -1.71. The second-order valence-electron chi connectivity index (χ2n) is 13.3. The Hall–Kier alpha value is -5.19. The Bertz CT molecular complexity index is 2310. The van der Waals surface area contributed by atoms with Gasteiger partial charge in [0.2, 0.25) is 20.0 Å². The van der Waals surface area contributed by atoms with Gasteiger partial charge in [-0.1, -0.05) is 11.6 Å². The zero-order valence-corrected chi connectivity index (χ0v) is 33.4. The molecule has 1 saturated carbocycles. The van der Waals surface area contributed by atoms with Crippen LogP contribution in [0.25, 0.3) is 0 Å². The maximum Gasteiger partial charge on any atom is 0.304 e. The Labute approximate surface area is 343 Å². The number of carboxylic acid groups (broad SMARTS) is 1. The number of carbonyl (C=O) groups is 3. The Kier molecular flexibility index (Phi) is 14.7. The van der Waals surface area contributed by atoms with Crippen molar-refractivity contribution in [3.8, 4) is 23.0 Å². The summed E-state index contributed by atoms with van der Waals surface area (Å²) in [6.07, 6.45) is 0.573. The lowest BCUT2D eigenvalue weighted by Gasteiger charge is -2.46. The van der Waals surface area contributed by atoms with E-state index in [2.05, 4.69) is 4.72 Å². The van der Waals surface area contributed by atoms with Gasteiger partial charge >= 0.3 is 5.97 Å². The van der Waals surface area contributed by atoms with Gasteiger partial charge in [-0.3, -0.25) is 24.8 Å². The Morgan fingerprint density at radius 3 is 1.61 bits per heavy atom. The van der Waals surface area contributed by atoms with Gasteiger partial charge in [-0.25, -0.2) is 32.2 Å². The molecule has 59 heavy (non-hydrogen) atoms. The number of amides is 2. The highest BCUT2D eigenvalue weighted by molar-refractivity contribution is 7.89. The Balaban J connectivity index is 0.000000225. The van der Waals surface area contributed by atoms with Crippen LogP contribution >= 0.6 is 11.6 Å². The van der Waals surface area contributed by atoms with Crippen molar-refractivity contribution in [2.45, 2.75) is 59.4 Å². The van der Waals surface area contributed by atoms with E-state index < -0.39 is 67.7 Å². The number of carbonyl (C=O) groups excluding carboxylic acids is 2. The molecule has 0 bridgehead atoms. The number of benzene rings is 4. The van der Waals surface area contributed by atoms with Gasteiger partial charge in [0.15, 0.2) is 0 Å². The summed E-state index contributed by atoms with van der Waals surface area (Å²) in [4.78, 5) is 35.3. The van der Waals surface area contributed by atoms with E-state index in [1.54, 1.807) is 24.3 Å². The molecule has 2 amide bonds. The van der Waals surface area contributed by atoms with Crippen LogP contribution in [0.5, 0.6) is 23.0 Å². The first-order valence-corrected chi connectivity index (χ1v) is 21.2. The van der Waals surface area contributed by atoms with Crippen LogP contribution in [0.4, 0.5) is 4.39 Å². The summed E-state index contributed by atoms with van der Waals surface area (Å²) in [7, 11) is -8.29. The van der Waals surface area contributed by atoms with Gasteiger partial charge < -0.3 is 19.3 Å². The Morgan fingerprint density at radius 2 is 1.17 bits per heavy atom. The van der Waals surface area contributed by atoms with Crippen LogP contribution in [0, 0.1) is 5.82 Å². The zero-order valence-electron chi connectivity index (χ0n) is 31.0. The number of sulfonamides is 2. The molecule has 4 aromatic carbocycles. The maximum atomic E-state index is 13.3. The average molecular weight is 879 g/mol. The van der Waals surface area contributed by atoms with E-state index in [1.165, 1.54) is 83.8 Å². The molecule has 6 N–H and O–H groups in total. The third-order valence-electron chi connectivity index (χ3n) is 9.57. The first-order valence-electron chi connectivity index (χ1n) is 17.9. The van der Waals surface area contributed by atoms with Crippen molar-refractivity contribution >= 4 is 49.4 Å². The minimum absolute atomic E-state index is 0.0347. The summed E-state index contributed by atoms with van der Waals surface area (Å²) in [5.41, 5.74) is 0.0225. The van der Waals surface area contributed by atoms with E-state index in [0.29, 0.717) is 34.4 Å². The molecule has 0 unspecified atom stereocenters. The summed E-state index contributed by atoms with van der Waals surface area (Å²) in [6.45, 7) is -0.0352. The molecule has 0 aromatic heterocycles. The van der Waals surface area contributed by atoms with Crippen molar-refractivity contribution in [1.82, 2.24) is 20.0 Å². The molecule has 17 nitrogen and oxygen atoms in total. The van der Waals surface area contributed by atoms with Crippen molar-refractivity contribution in [2.24, 2.45) is 0 Å². The predicted octanol–water partition coefficient (Wildman–Crippen LogP) is 4.98. The number of halogens is 2. The molecule has 1 aliphatic carbocycles. The molecule has 2 fully saturated rings. The molecule has 1 heterocycles. The van der Waals surface area contributed by atoms with E-state index in [9.17, 15) is 35.6 Å². The summed E-state index contributed by atoms with van der Waals surface area (Å²) in [6, 6.07) is 23.1. The largest absolute Gasteiger partial charge is 0.481 e. The maximum absolute atomic E-state index is 13.3. The third kappa shape index (κ3) is 10.9. The summed E-state index contributed by atoms with van der Waals surface area (Å²) < 4.78 is 84.8. The standard InChI is InChI=1S/C20H21FN2O7S.C18H19ClN2O6S/c21-14-2-4-15(5-3-14)30-16-6-8-17(9-7-16)31(28,29)23(13-10-18(24)25)20(11-1-12-20)19(26)22-27;19-13-1-3-14(4-2-13)27-15-5-7-16(8-6-15)28(24,25)21-18(17(22)20-23)9-11-26-12-10-18/h2-9,27H,1,10-13H2,(H,22,26)(H,24,25);1-8,21,23H,9-12H2,(H,20,22). The molecule has 316 valence electrons. The lowest BCUT2D eigenvalue weighted by Crippen LogP contribution is -2.64. The molecule has 0 spiro atoms. The molecule has 4 aromatic rings. The first kappa shape index (κ1) is 44.9. The monoisotopic (exact) mass is 878 g/mol. The number of hydrogen-bond donors (Lipinski definition) is 6. The minimum Gasteiger partial charge on any atom is -0.481 e. The van der Waals surface area contributed by atoms with Crippen molar-refractivity contribution in [2.75, 3.05) is 19.8 Å². The highest BCUT2D eigenvalue weighted by Crippen LogP contribution is 2.41. The van der Waals surface area contributed by atoms with E-state index in [1.807, 2.05) is 0 Å². The van der Waals surface area contributed by atoms with Crippen molar-refractivity contribution in [1.29, 1.82) is 0 Å². The van der Waals surface area contributed by atoms with E-state index >= 15 is 0 Å². The van der Waals surface area contributed by atoms with Gasteiger partial charge in [0.1, 0.15) is 39.9 Å². The van der Waals surface area contributed by atoms with Crippen LogP contribution in [0.1, 0.15) is 38.5 Å². The second-order valence-corrected chi connectivity index (χ2v) is 17.3. The number of aliphatic carboxylic acids is 1. The number of nitrogens with one attached hydrogen (secondary N) is 3. The number of hydrogen-bond acceptors (Lipinski definition) is 12. The van der Waals surface area contributed by atoms with Crippen LogP contribution in [-0.2, 0) is 39.2 Å². The molecule has 1 saturated heterocycles. The SMILES string of the molecule is O=C(NO)C1(NS(=O)(=O)c2ccc(Oc3ccc(Cl)cc3)cc2)CCOCC1.O=C(O)CCN(C1(C(=O)NO)CCC1)S(=O)(=O)c1ccc(Oc2ccc(F)cc2)cc1. The van der Waals surface area contributed by atoms with Crippen LogP contribution < -0.4 is 25.2 Å². The van der Waals surface area contributed by atoms with Crippen LogP contribution in [0.3, 0.4) is 0 Å². The van der Waals surface area contributed by atoms with Crippen molar-refractivity contribution in [3.63, 3.8) is 0 Å². The molecule has 6 rings (SSSR count). The highest BCUT2D eigenvalue weighted by Gasteiger charge is 2.54. The molecule has 0 atom stereocenters. The topological polar surface area (TPSA) is 247 Å². The van der Waals surface area contributed by atoms with Crippen LogP contribution in [0.2, 0.25) is 5.02 Å². The number of hydroxylamine groups is 2. The molecular formula is C38H40ClFN4O13S2. The zero-order chi connectivity index (χ0) is 42.8. The fourth-order valence-electron chi connectivity index (χ4n) is 6.26. The summed E-state index contributed by atoms with van der Waals surface area (Å²) >= 11 is 5.83. The van der Waals surface area contributed by atoms with Crippen LogP contribution in [-0.4, -0.2) is 85.3 Å². The van der Waals surface area contributed by atoms with E-state index in [0.717, 1.165) is 4.31 Å². The van der Waals surface area contributed by atoms with Gasteiger partial charge in [-0.2, -0.15) is 9.03 Å². The molecule has 2 aliphatic rings. The van der Waals surface area contributed by atoms with E-state index in [-0.39, 0.29) is 48.7 Å². The fraction of sp³-hybridized carbons (Fsp3) is 0.289. The van der Waals surface area contributed by atoms with Crippen molar-refractivity contribution < 1.29 is 65.3 Å². The Morgan fingerprint density at radius 1 is 0.712 bits per heavy atom. The lowest BCUT2D eigenvalue weighted by molar-refractivity contribution is -0.146. The quantitative estimate of drug-likeness (QED) is 0.0683. The normalized spacial score (nSPS) is 15.7.